The van der Waals surface area contributed by atoms with Crippen molar-refractivity contribution in [2.75, 3.05) is 37.5 Å². The minimum Gasteiger partial charge on any atom is -0.493 e. The monoisotopic (exact) mass is 479 g/mol. The van der Waals surface area contributed by atoms with Crippen LogP contribution in [0.3, 0.4) is 0 Å². The normalized spacial score (nSPS) is 20.1. The molecule has 8 heteroatoms. The van der Waals surface area contributed by atoms with Gasteiger partial charge >= 0.3 is 0 Å². The standard InChI is InChI=1S/C27H33N3O5/c1-17-13-19(27(33)29-12-6-5-7-18(29)2)8-10-22(17)28-26(32)20-14-25(31)30(16-20)21-9-11-23(34-3)24(15-21)35-4/h8-11,13,15,18,20H,5-7,12,14,16H2,1-4H3,(H,28,32). The van der Waals surface area contributed by atoms with Crippen molar-refractivity contribution < 1.29 is 23.9 Å². The fourth-order valence-electron chi connectivity index (χ4n) is 4.86. The summed E-state index contributed by atoms with van der Waals surface area (Å²) in [4.78, 5) is 42.2. The third kappa shape index (κ3) is 5.11. The second kappa shape index (κ2) is 10.4. The molecule has 2 aliphatic rings. The second-order valence-electron chi connectivity index (χ2n) is 9.31. The van der Waals surface area contributed by atoms with E-state index < -0.39 is 5.92 Å². The summed E-state index contributed by atoms with van der Waals surface area (Å²) >= 11 is 0. The van der Waals surface area contributed by atoms with E-state index in [1.54, 1.807) is 42.3 Å². The maximum absolute atomic E-state index is 13.0. The van der Waals surface area contributed by atoms with E-state index in [0.29, 0.717) is 28.4 Å². The molecular formula is C27H33N3O5. The van der Waals surface area contributed by atoms with Crippen molar-refractivity contribution in [1.29, 1.82) is 0 Å². The molecular weight excluding hydrogens is 446 g/mol. The first kappa shape index (κ1) is 24.6. The topological polar surface area (TPSA) is 88.2 Å². The Morgan fingerprint density at radius 1 is 1.03 bits per heavy atom. The summed E-state index contributed by atoms with van der Waals surface area (Å²) in [5.74, 6) is 0.314. The molecule has 0 bridgehead atoms. The summed E-state index contributed by atoms with van der Waals surface area (Å²) in [5, 5.41) is 2.95. The molecule has 4 rings (SSSR count). The molecule has 2 aromatic carbocycles. The quantitative estimate of drug-likeness (QED) is 0.676. The summed E-state index contributed by atoms with van der Waals surface area (Å²) < 4.78 is 10.6. The number of aryl methyl sites for hydroxylation is 1. The van der Waals surface area contributed by atoms with Crippen molar-refractivity contribution in [1.82, 2.24) is 4.90 Å². The van der Waals surface area contributed by atoms with E-state index in [-0.39, 0.29) is 36.7 Å². The second-order valence-corrected chi connectivity index (χ2v) is 9.31. The Hall–Kier alpha value is -3.55. The predicted molar refractivity (Wildman–Crippen MR) is 134 cm³/mol. The van der Waals surface area contributed by atoms with Crippen molar-refractivity contribution in [2.24, 2.45) is 5.92 Å². The van der Waals surface area contributed by atoms with E-state index in [1.165, 1.54) is 7.11 Å². The first-order chi connectivity index (χ1) is 16.8. The molecule has 2 saturated heterocycles. The average Bonchev–Trinajstić information content (AvgIpc) is 3.26. The number of methoxy groups -OCH3 is 2. The number of anilines is 2. The highest BCUT2D eigenvalue weighted by molar-refractivity contribution is 6.04. The molecule has 2 heterocycles. The molecule has 2 unspecified atom stereocenters. The summed E-state index contributed by atoms with van der Waals surface area (Å²) in [6.07, 6.45) is 3.34. The lowest BCUT2D eigenvalue weighted by molar-refractivity contribution is -0.122. The van der Waals surface area contributed by atoms with Crippen molar-refractivity contribution >= 4 is 29.1 Å². The maximum Gasteiger partial charge on any atom is 0.254 e. The van der Waals surface area contributed by atoms with Crippen LogP contribution in [0.25, 0.3) is 0 Å². The van der Waals surface area contributed by atoms with Gasteiger partial charge in [-0.3, -0.25) is 14.4 Å². The molecule has 186 valence electrons. The molecule has 1 N–H and O–H groups in total. The Morgan fingerprint density at radius 2 is 1.80 bits per heavy atom. The number of nitrogens with one attached hydrogen (secondary N) is 1. The Labute approximate surface area is 206 Å². The van der Waals surface area contributed by atoms with Crippen LogP contribution in [0.2, 0.25) is 0 Å². The van der Waals surface area contributed by atoms with Crippen LogP contribution in [0.1, 0.15) is 48.5 Å². The molecule has 2 atom stereocenters. The van der Waals surface area contributed by atoms with Crippen LogP contribution in [-0.4, -0.2) is 56.0 Å². The van der Waals surface area contributed by atoms with Crippen molar-refractivity contribution in [3.05, 3.63) is 47.5 Å². The Morgan fingerprint density at radius 3 is 2.49 bits per heavy atom. The van der Waals surface area contributed by atoms with Crippen LogP contribution in [0.15, 0.2) is 36.4 Å². The zero-order chi connectivity index (χ0) is 25.1. The number of hydrogen-bond donors (Lipinski definition) is 1. The minimum absolute atomic E-state index is 0.0325. The van der Waals surface area contributed by atoms with E-state index >= 15 is 0 Å². The zero-order valence-corrected chi connectivity index (χ0v) is 20.8. The number of carbonyl (C=O) groups is 3. The molecule has 2 aliphatic heterocycles. The molecule has 0 radical (unpaired) electrons. The highest BCUT2D eigenvalue weighted by Crippen LogP contribution is 2.34. The van der Waals surface area contributed by atoms with Gasteiger partial charge in [0.15, 0.2) is 11.5 Å². The number of rotatable bonds is 6. The van der Waals surface area contributed by atoms with E-state index in [2.05, 4.69) is 12.2 Å². The van der Waals surface area contributed by atoms with Crippen LogP contribution in [-0.2, 0) is 9.59 Å². The molecule has 0 saturated carbocycles. The largest absolute Gasteiger partial charge is 0.493 e. The number of likely N-dealkylation sites (tertiary alicyclic amines) is 1. The molecule has 0 aromatic heterocycles. The molecule has 35 heavy (non-hydrogen) atoms. The number of benzene rings is 2. The van der Waals surface area contributed by atoms with Gasteiger partial charge in [-0.25, -0.2) is 0 Å². The lowest BCUT2D eigenvalue weighted by Crippen LogP contribution is -2.42. The number of nitrogens with zero attached hydrogens (tertiary/aromatic N) is 2. The van der Waals surface area contributed by atoms with Gasteiger partial charge in [-0.1, -0.05) is 0 Å². The van der Waals surface area contributed by atoms with Crippen LogP contribution in [0.4, 0.5) is 11.4 Å². The van der Waals surface area contributed by atoms with Crippen LogP contribution < -0.4 is 19.7 Å². The first-order valence-electron chi connectivity index (χ1n) is 12.1. The van der Waals surface area contributed by atoms with Gasteiger partial charge in [0.2, 0.25) is 11.8 Å². The van der Waals surface area contributed by atoms with E-state index in [9.17, 15) is 14.4 Å². The van der Waals surface area contributed by atoms with E-state index in [4.69, 9.17) is 9.47 Å². The number of hydrogen-bond acceptors (Lipinski definition) is 5. The van der Waals surface area contributed by atoms with Crippen molar-refractivity contribution in [3.8, 4) is 11.5 Å². The van der Waals surface area contributed by atoms with Crippen molar-refractivity contribution in [3.63, 3.8) is 0 Å². The van der Waals surface area contributed by atoms with Crippen molar-refractivity contribution in [2.45, 2.75) is 45.6 Å². The van der Waals surface area contributed by atoms with Gasteiger partial charge in [0.05, 0.1) is 20.1 Å². The summed E-state index contributed by atoms with van der Waals surface area (Å²) in [5.41, 5.74) is 2.75. The fraction of sp³-hybridized carbons (Fsp3) is 0.444. The number of piperidine rings is 1. The minimum atomic E-state index is -0.481. The molecule has 0 aliphatic carbocycles. The molecule has 2 fully saturated rings. The molecule has 8 nitrogen and oxygen atoms in total. The third-order valence-corrected chi connectivity index (χ3v) is 6.97. The fourth-order valence-corrected chi connectivity index (χ4v) is 4.86. The highest BCUT2D eigenvalue weighted by atomic mass is 16.5. The van der Waals surface area contributed by atoms with Gasteiger partial charge in [0.1, 0.15) is 0 Å². The van der Waals surface area contributed by atoms with Gasteiger partial charge < -0.3 is 24.6 Å². The highest BCUT2D eigenvalue weighted by Gasteiger charge is 2.35. The van der Waals surface area contributed by atoms with E-state index in [1.807, 2.05) is 17.9 Å². The molecule has 2 aromatic rings. The number of ether oxygens (including phenoxy) is 2. The molecule has 3 amide bonds. The lowest BCUT2D eigenvalue weighted by Gasteiger charge is -2.33. The Kier molecular flexibility index (Phi) is 7.28. The van der Waals surface area contributed by atoms with Crippen LogP contribution in [0.5, 0.6) is 11.5 Å². The van der Waals surface area contributed by atoms with Gasteiger partial charge in [0.25, 0.3) is 5.91 Å². The zero-order valence-electron chi connectivity index (χ0n) is 20.8. The van der Waals surface area contributed by atoms with Gasteiger partial charge in [-0.05, 0) is 69.0 Å². The first-order valence-corrected chi connectivity index (χ1v) is 12.1. The van der Waals surface area contributed by atoms with Gasteiger partial charge in [0, 0.05) is 48.6 Å². The Bertz CT molecular complexity index is 1130. The molecule has 0 spiro atoms. The SMILES string of the molecule is COc1ccc(N2CC(C(=O)Nc3ccc(C(=O)N4CCCCC4C)cc3C)CC2=O)cc1OC. The number of amides is 3. The Balaban J connectivity index is 1.43. The van der Waals surface area contributed by atoms with Gasteiger partial charge in [-0.2, -0.15) is 0 Å². The number of carbonyl (C=O) groups excluding carboxylic acids is 3. The third-order valence-electron chi connectivity index (χ3n) is 6.97. The van der Waals surface area contributed by atoms with E-state index in [0.717, 1.165) is 31.4 Å². The smallest absolute Gasteiger partial charge is 0.254 e. The predicted octanol–water partition coefficient (Wildman–Crippen LogP) is 4.02. The average molecular weight is 480 g/mol. The summed E-state index contributed by atoms with van der Waals surface area (Å²) in [7, 11) is 3.09. The van der Waals surface area contributed by atoms with Crippen LogP contribution >= 0.6 is 0 Å². The summed E-state index contributed by atoms with van der Waals surface area (Å²) in [6.45, 7) is 5.03. The maximum atomic E-state index is 13.0. The lowest BCUT2D eigenvalue weighted by atomic mass is 10.0. The summed E-state index contributed by atoms with van der Waals surface area (Å²) in [6, 6.07) is 10.9. The van der Waals surface area contributed by atoms with Crippen LogP contribution in [0, 0.1) is 12.8 Å². The van der Waals surface area contributed by atoms with Gasteiger partial charge in [-0.15, -0.1) is 0 Å².